The summed E-state index contributed by atoms with van der Waals surface area (Å²) < 4.78 is 32.7. The van der Waals surface area contributed by atoms with Crippen molar-refractivity contribution in [2.75, 3.05) is 17.7 Å². The molecule has 0 unspecified atom stereocenters. The number of nitrogens with one attached hydrogen (secondary N) is 2. The van der Waals surface area contributed by atoms with Crippen molar-refractivity contribution < 1.29 is 23.1 Å². The van der Waals surface area contributed by atoms with E-state index in [1.54, 1.807) is 6.07 Å². The monoisotopic (exact) mass is 434 g/mol. The quantitative estimate of drug-likeness (QED) is 0.441. The molecular weight excluding hydrogens is 418 g/mol. The maximum Gasteiger partial charge on any atom is 0.323 e. The first kappa shape index (κ1) is 20.9. The summed E-state index contributed by atoms with van der Waals surface area (Å²) in [5, 5.41) is 4.96. The Bertz CT molecular complexity index is 1340. The molecule has 0 bridgehead atoms. The molecule has 4 aromatic rings. The number of anilines is 2. The molecule has 1 heterocycles. The Balaban J connectivity index is 1.57. The number of carbonyl (C=O) groups is 2. The normalized spacial score (nSPS) is 10.6. The fraction of sp³-hybridized carbons (Fsp3) is 0.0435. The lowest BCUT2D eigenvalue weighted by Gasteiger charge is -2.10. The molecule has 0 radical (unpaired) electrons. The van der Waals surface area contributed by atoms with Crippen LogP contribution in [0.1, 0.15) is 15.9 Å². The molecule has 1 aromatic heterocycles. The smallest absolute Gasteiger partial charge is 0.323 e. The third-order valence-electron chi connectivity index (χ3n) is 4.54. The lowest BCUT2D eigenvalue weighted by Crippen LogP contribution is -2.20. The molecule has 2 amide bonds. The molecule has 0 saturated carbocycles. The Kier molecular flexibility index (Phi) is 5.71. The van der Waals surface area contributed by atoms with Crippen molar-refractivity contribution in [3.05, 3.63) is 89.6 Å². The van der Waals surface area contributed by atoms with Gasteiger partial charge < -0.3 is 15.4 Å². The number of rotatable bonds is 5. The van der Waals surface area contributed by atoms with Gasteiger partial charge in [0, 0.05) is 16.9 Å². The van der Waals surface area contributed by atoms with E-state index < -0.39 is 23.4 Å². The van der Waals surface area contributed by atoms with Crippen molar-refractivity contribution in [3.63, 3.8) is 0 Å². The maximum absolute atomic E-state index is 14.4. The van der Waals surface area contributed by atoms with Gasteiger partial charge in [-0.15, -0.1) is 0 Å². The number of benzene rings is 3. The van der Waals surface area contributed by atoms with E-state index in [4.69, 9.17) is 4.74 Å². The number of ether oxygens (including phenoxy) is 1. The van der Waals surface area contributed by atoms with Crippen LogP contribution >= 0.6 is 0 Å². The number of urea groups is 1. The fourth-order valence-electron chi connectivity index (χ4n) is 3.03. The Labute approximate surface area is 181 Å². The van der Waals surface area contributed by atoms with Crippen molar-refractivity contribution in [1.82, 2.24) is 9.97 Å². The molecule has 0 fully saturated rings. The maximum atomic E-state index is 14.4. The van der Waals surface area contributed by atoms with Gasteiger partial charge in [0.05, 0.1) is 29.9 Å². The Morgan fingerprint density at radius 3 is 2.44 bits per heavy atom. The third-order valence-corrected chi connectivity index (χ3v) is 4.54. The molecule has 3 aromatic carbocycles. The number of hydrogen-bond acceptors (Lipinski definition) is 5. The van der Waals surface area contributed by atoms with Gasteiger partial charge in [0.1, 0.15) is 11.6 Å². The molecular formula is C23H16F2N4O3. The molecule has 4 rings (SSSR count). The number of methoxy groups -OCH3 is 1. The van der Waals surface area contributed by atoms with Gasteiger partial charge in [-0.1, -0.05) is 6.07 Å². The molecule has 160 valence electrons. The van der Waals surface area contributed by atoms with Crippen LogP contribution in [0.15, 0.2) is 66.9 Å². The lowest BCUT2D eigenvalue weighted by atomic mass is 10.0. The summed E-state index contributed by atoms with van der Waals surface area (Å²) in [5.74, 6) is -1.56. The second-order valence-corrected chi connectivity index (χ2v) is 6.73. The summed E-state index contributed by atoms with van der Waals surface area (Å²) in [6, 6.07) is 12.9. The third kappa shape index (κ3) is 4.51. The van der Waals surface area contributed by atoms with Gasteiger partial charge in [0.25, 0.3) is 0 Å². The van der Waals surface area contributed by atoms with E-state index >= 15 is 0 Å². The number of aromatic nitrogens is 2. The number of ketones is 1. The zero-order valence-electron chi connectivity index (χ0n) is 16.7. The van der Waals surface area contributed by atoms with Gasteiger partial charge in [0.2, 0.25) is 5.88 Å². The number of carbonyl (C=O) groups excluding carboxylic acids is 2. The van der Waals surface area contributed by atoms with Crippen LogP contribution in [0.4, 0.5) is 25.0 Å². The highest BCUT2D eigenvalue weighted by Crippen LogP contribution is 2.22. The molecule has 9 heteroatoms. The van der Waals surface area contributed by atoms with Crippen LogP contribution in [-0.4, -0.2) is 28.9 Å². The molecule has 0 spiro atoms. The van der Waals surface area contributed by atoms with Crippen LogP contribution in [0, 0.1) is 11.6 Å². The van der Waals surface area contributed by atoms with Crippen LogP contribution in [0.5, 0.6) is 5.88 Å². The van der Waals surface area contributed by atoms with Gasteiger partial charge in [-0.25, -0.2) is 23.5 Å². The van der Waals surface area contributed by atoms with Gasteiger partial charge in [-0.05, 0) is 54.6 Å². The average molecular weight is 434 g/mol. The summed E-state index contributed by atoms with van der Waals surface area (Å²) in [6.45, 7) is 0. The van der Waals surface area contributed by atoms with Crippen LogP contribution in [0.25, 0.3) is 11.0 Å². The van der Waals surface area contributed by atoms with Crippen LogP contribution in [0.3, 0.4) is 0 Å². The standard InChI is InChI=1S/C23H16F2N4O3/c1-32-21-12-26-19-8-5-13(9-20(19)29-21)22(30)17-11-16(6-7-18(17)25)28-23(31)27-15-4-2-3-14(24)10-15/h2-12H,1H3,(H2,27,28,31). The van der Waals surface area contributed by atoms with E-state index in [1.165, 1.54) is 55.8 Å². The average Bonchev–Trinajstić information content (AvgIpc) is 2.79. The van der Waals surface area contributed by atoms with E-state index in [9.17, 15) is 18.4 Å². The topological polar surface area (TPSA) is 93.2 Å². The predicted octanol–water partition coefficient (Wildman–Crippen LogP) is 4.79. The van der Waals surface area contributed by atoms with E-state index in [0.29, 0.717) is 11.0 Å². The summed E-state index contributed by atoms with van der Waals surface area (Å²) >= 11 is 0. The molecule has 0 aliphatic carbocycles. The van der Waals surface area contributed by atoms with Crippen LogP contribution in [-0.2, 0) is 0 Å². The predicted molar refractivity (Wildman–Crippen MR) is 115 cm³/mol. The first-order valence-electron chi connectivity index (χ1n) is 9.41. The Hall–Kier alpha value is -4.40. The van der Waals surface area contributed by atoms with Crippen molar-refractivity contribution in [1.29, 1.82) is 0 Å². The number of halogens is 2. The van der Waals surface area contributed by atoms with Crippen LogP contribution < -0.4 is 15.4 Å². The molecule has 0 atom stereocenters. The number of amides is 2. The zero-order chi connectivity index (χ0) is 22.7. The van der Waals surface area contributed by atoms with Crippen molar-refractivity contribution in [3.8, 4) is 5.88 Å². The molecule has 7 nitrogen and oxygen atoms in total. The first-order chi connectivity index (χ1) is 15.4. The van der Waals surface area contributed by atoms with E-state index in [0.717, 1.165) is 12.1 Å². The highest BCUT2D eigenvalue weighted by Gasteiger charge is 2.17. The Morgan fingerprint density at radius 2 is 1.69 bits per heavy atom. The fourth-order valence-corrected chi connectivity index (χ4v) is 3.03. The van der Waals surface area contributed by atoms with E-state index in [-0.39, 0.29) is 28.4 Å². The second kappa shape index (κ2) is 8.76. The highest BCUT2D eigenvalue weighted by molar-refractivity contribution is 6.11. The molecule has 0 saturated heterocycles. The summed E-state index contributed by atoms with van der Waals surface area (Å²) in [5.41, 5.74) is 1.36. The van der Waals surface area contributed by atoms with Crippen molar-refractivity contribution in [2.45, 2.75) is 0 Å². The molecule has 0 aliphatic heterocycles. The van der Waals surface area contributed by atoms with Gasteiger partial charge in [-0.2, -0.15) is 0 Å². The Morgan fingerprint density at radius 1 is 0.906 bits per heavy atom. The minimum absolute atomic E-state index is 0.186. The SMILES string of the molecule is COc1cnc2ccc(C(=O)c3cc(NC(=O)Nc4cccc(F)c4)ccc3F)cc2n1. The first-order valence-corrected chi connectivity index (χ1v) is 9.41. The zero-order valence-corrected chi connectivity index (χ0v) is 16.7. The summed E-state index contributed by atoms with van der Waals surface area (Å²) in [7, 11) is 1.45. The molecule has 0 aliphatic rings. The van der Waals surface area contributed by atoms with Crippen LogP contribution in [0.2, 0.25) is 0 Å². The summed E-state index contributed by atoms with van der Waals surface area (Å²) in [4.78, 5) is 33.5. The lowest BCUT2D eigenvalue weighted by molar-refractivity contribution is 0.103. The number of nitrogens with zero attached hydrogens (tertiary/aromatic N) is 2. The highest BCUT2D eigenvalue weighted by atomic mass is 19.1. The van der Waals surface area contributed by atoms with Gasteiger partial charge in [-0.3, -0.25) is 4.79 Å². The minimum Gasteiger partial charge on any atom is -0.480 e. The second-order valence-electron chi connectivity index (χ2n) is 6.73. The van der Waals surface area contributed by atoms with Crippen molar-refractivity contribution >= 4 is 34.2 Å². The summed E-state index contributed by atoms with van der Waals surface area (Å²) in [6.07, 6.45) is 1.45. The number of hydrogen-bond donors (Lipinski definition) is 2. The van der Waals surface area contributed by atoms with Gasteiger partial charge in [0.15, 0.2) is 5.78 Å². The van der Waals surface area contributed by atoms with E-state index in [1.807, 2.05) is 0 Å². The van der Waals surface area contributed by atoms with E-state index in [2.05, 4.69) is 20.6 Å². The van der Waals surface area contributed by atoms with Crippen molar-refractivity contribution in [2.24, 2.45) is 0 Å². The molecule has 32 heavy (non-hydrogen) atoms. The van der Waals surface area contributed by atoms with Gasteiger partial charge >= 0.3 is 6.03 Å². The molecule has 2 N–H and O–H groups in total. The minimum atomic E-state index is -0.747. The number of fused-ring (bicyclic) bond motifs is 1. The largest absolute Gasteiger partial charge is 0.480 e.